The molecule has 2 N–H and O–H groups in total. The minimum Gasteiger partial charge on any atom is -0.351 e. The molecule has 1 amide bonds. The van der Waals surface area contributed by atoms with Crippen LogP contribution in [-0.2, 0) is 0 Å². The standard InChI is InChI=1S/C15H12N2O.ClH/c18-15(16-12-7-2-1-3-8-12)14-10-11-6-4-5-9-13(11)17-14;/h1-10,17H,(H,16,18);1H. The van der Waals surface area contributed by atoms with Gasteiger partial charge in [0.1, 0.15) is 5.69 Å². The Hall–Kier alpha value is -2.26. The zero-order chi connectivity index (χ0) is 12.4. The third kappa shape index (κ3) is 2.77. The van der Waals surface area contributed by atoms with Crippen LogP contribution in [0.1, 0.15) is 10.5 Å². The number of aromatic amines is 1. The number of para-hydroxylation sites is 2. The van der Waals surface area contributed by atoms with Crippen LogP contribution in [0.2, 0.25) is 0 Å². The van der Waals surface area contributed by atoms with Crippen molar-refractivity contribution in [3.05, 3.63) is 66.4 Å². The van der Waals surface area contributed by atoms with Crippen molar-refractivity contribution in [1.29, 1.82) is 0 Å². The lowest BCUT2D eigenvalue weighted by Gasteiger charge is -2.02. The van der Waals surface area contributed by atoms with Crippen molar-refractivity contribution < 1.29 is 4.79 Å². The van der Waals surface area contributed by atoms with Crippen molar-refractivity contribution in [3.8, 4) is 0 Å². The highest BCUT2D eigenvalue weighted by molar-refractivity contribution is 6.05. The van der Waals surface area contributed by atoms with Crippen LogP contribution in [0.25, 0.3) is 10.9 Å². The fourth-order valence-electron chi connectivity index (χ4n) is 1.92. The minimum atomic E-state index is -0.127. The van der Waals surface area contributed by atoms with Gasteiger partial charge in [-0.15, -0.1) is 12.4 Å². The average Bonchev–Trinajstić information content (AvgIpc) is 2.84. The van der Waals surface area contributed by atoms with E-state index in [0.29, 0.717) is 5.69 Å². The van der Waals surface area contributed by atoms with Crippen LogP contribution in [0.4, 0.5) is 5.69 Å². The molecule has 2 aromatic carbocycles. The number of hydrogen-bond donors (Lipinski definition) is 2. The summed E-state index contributed by atoms with van der Waals surface area (Å²) in [5.41, 5.74) is 2.33. The molecular formula is C15H13ClN2O. The van der Waals surface area contributed by atoms with Crippen LogP contribution in [0, 0.1) is 0 Å². The molecule has 1 aromatic heterocycles. The van der Waals surface area contributed by atoms with E-state index in [1.807, 2.05) is 60.7 Å². The van der Waals surface area contributed by atoms with Gasteiger partial charge in [-0.05, 0) is 24.3 Å². The van der Waals surface area contributed by atoms with E-state index in [1.165, 1.54) is 0 Å². The first-order valence-electron chi connectivity index (χ1n) is 5.77. The topological polar surface area (TPSA) is 44.9 Å². The van der Waals surface area contributed by atoms with E-state index in [2.05, 4.69) is 10.3 Å². The quantitative estimate of drug-likeness (QED) is 0.731. The lowest BCUT2D eigenvalue weighted by molar-refractivity contribution is 0.102. The third-order valence-electron chi connectivity index (χ3n) is 2.81. The summed E-state index contributed by atoms with van der Waals surface area (Å²) in [6.07, 6.45) is 0. The van der Waals surface area contributed by atoms with E-state index in [-0.39, 0.29) is 18.3 Å². The Morgan fingerprint density at radius 2 is 1.63 bits per heavy atom. The molecule has 0 fully saturated rings. The molecule has 0 aliphatic rings. The first kappa shape index (κ1) is 13.2. The molecule has 0 saturated heterocycles. The molecular weight excluding hydrogens is 260 g/mol. The highest BCUT2D eigenvalue weighted by Gasteiger charge is 2.08. The Labute approximate surface area is 117 Å². The van der Waals surface area contributed by atoms with Crippen molar-refractivity contribution in [3.63, 3.8) is 0 Å². The summed E-state index contributed by atoms with van der Waals surface area (Å²) >= 11 is 0. The molecule has 3 rings (SSSR count). The van der Waals surface area contributed by atoms with Crippen LogP contribution < -0.4 is 5.32 Å². The maximum atomic E-state index is 12.0. The summed E-state index contributed by atoms with van der Waals surface area (Å²) in [6.45, 7) is 0. The van der Waals surface area contributed by atoms with E-state index in [0.717, 1.165) is 16.6 Å². The number of nitrogens with one attached hydrogen (secondary N) is 2. The molecule has 0 atom stereocenters. The van der Waals surface area contributed by atoms with Gasteiger partial charge in [-0.25, -0.2) is 0 Å². The SMILES string of the molecule is Cl.O=C(Nc1ccccc1)c1cc2ccccc2[nH]1. The molecule has 0 radical (unpaired) electrons. The van der Waals surface area contributed by atoms with E-state index in [1.54, 1.807) is 0 Å². The predicted octanol–water partition coefficient (Wildman–Crippen LogP) is 3.84. The average molecular weight is 273 g/mol. The predicted molar refractivity (Wildman–Crippen MR) is 79.9 cm³/mol. The summed E-state index contributed by atoms with van der Waals surface area (Å²) in [4.78, 5) is 15.1. The number of H-pyrrole nitrogens is 1. The van der Waals surface area contributed by atoms with Crippen molar-refractivity contribution >= 4 is 34.9 Å². The summed E-state index contributed by atoms with van der Waals surface area (Å²) in [5.74, 6) is -0.127. The van der Waals surface area contributed by atoms with Gasteiger partial charge in [0, 0.05) is 16.6 Å². The molecule has 1 heterocycles. The molecule has 0 bridgehead atoms. The van der Waals surface area contributed by atoms with Crippen LogP contribution >= 0.6 is 12.4 Å². The second kappa shape index (κ2) is 5.59. The first-order valence-corrected chi connectivity index (χ1v) is 5.77. The number of rotatable bonds is 2. The molecule has 0 spiro atoms. The number of hydrogen-bond acceptors (Lipinski definition) is 1. The Morgan fingerprint density at radius 3 is 2.37 bits per heavy atom. The van der Waals surface area contributed by atoms with Gasteiger partial charge in [0.25, 0.3) is 5.91 Å². The Kier molecular flexibility index (Phi) is 3.88. The zero-order valence-corrected chi connectivity index (χ0v) is 10.9. The molecule has 0 saturated carbocycles. The number of carbonyl (C=O) groups is 1. The van der Waals surface area contributed by atoms with E-state index in [4.69, 9.17) is 0 Å². The molecule has 0 aliphatic carbocycles. The lowest BCUT2D eigenvalue weighted by Crippen LogP contribution is -2.11. The van der Waals surface area contributed by atoms with Crippen molar-refractivity contribution in [1.82, 2.24) is 4.98 Å². The number of carbonyl (C=O) groups excluding carboxylic acids is 1. The molecule has 3 aromatic rings. The number of fused-ring (bicyclic) bond motifs is 1. The lowest BCUT2D eigenvalue weighted by atomic mass is 10.2. The molecule has 0 aliphatic heterocycles. The summed E-state index contributed by atoms with van der Waals surface area (Å²) in [6, 6.07) is 19.1. The number of benzene rings is 2. The molecule has 4 heteroatoms. The minimum absolute atomic E-state index is 0. The Morgan fingerprint density at radius 1 is 0.947 bits per heavy atom. The van der Waals surface area contributed by atoms with Gasteiger partial charge in [0.2, 0.25) is 0 Å². The van der Waals surface area contributed by atoms with Gasteiger partial charge < -0.3 is 10.3 Å². The molecule has 0 unspecified atom stereocenters. The maximum absolute atomic E-state index is 12.0. The highest BCUT2D eigenvalue weighted by Crippen LogP contribution is 2.16. The third-order valence-corrected chi connectivity index (χ3v) is 2.81. The second-order valence-corrected chi connectivity index (χ2v) is 4.09. The van der Waals surface area contributed by atoms with Crippen molar-refractivity contribution in [2.45, 2.75) is 0 Å². The van der Waals surface area contributed by atoms with Crippen molar-refractivity contribution in [2.24, 2.45) is 0 Å². The smallest absolute Gasteiger partial charge is 0.272 e. The van der Waals surface area contributed by atoms with Gasteiger partial charge in [0.05, 0.1) is 0 Å². The number of anilines is 1. The van der Waals surface area contributed by atoms with Crippen molar-refractivity contribution in [2.75, 3.05) is 5.32 Å². The number of aromatic nitrogens is 1. The number of halogens is 1. The normalized spacial score (nSPS) is 9.89. The van der Waals surface area contributed by atoms with E-state index >= 15 is 0 Å². The highest BCUT2D eigenvalue weighted by atomic mass is 35.5. The van der Waals surface area contributed by atoms with Gasteiger partial charge in [-0.3, -0.25) is 4.79 Å². The second-order valence-electron chi connectivity index (χ2n) is 4.09. The fraction of sp³-hybridized carbons (Fsp3) is 0. The van der Waals surface area contributed by atoms with Gasteiger partial charge in [0.15, 0.2) is 0 Å². The summed E-state index contributed by atoms with van der Waals surface area (Å²) in [7, 11) is 0. The molecule has 19 heavy (non-hydrogen) atoms. The van der Waals surface area contributed by atoms with Crippen LogP contribution in [0.3, 0.4) is 0 Å². The largest absolute Gasteiger partial charge is 0.351 e. The van der Waals surface area contributed by atoms with Crippen LogP contribution in [0.15, 0.2) is 60.7 Å². The monoisotopic (exact) mass is 272 g/mol. The Balaban J connectivity index is 0.00000133. The Bertz CT molecular complexity index is 658. The zero-order valence-electron chi connectivity index (χ0n) is 10.1. The summed E-state index contributed by atoms with van der Waals surface area (Å²) < 4.78 is 0. The van der Waals surface area contributed by atoms with Crippen LogP contribution in [0.5, 0.6) is 0 Å². The van der Waals surface area contributed by atoms with Crippen LogP contribution in [-0.4, -0.2) is 10.9 Å². The first-order chi connectivity index (χ1) is 8.83. The van der Waals surface area contributed by atoms with E-state index in [9.17, 15) is 4.79 Å². The van der Waals surface area contributed by atoms with Gasteiger partial charge in [-0.1, -0.05) is 36.4 Å². The van der Waals surface area contributed by atoms with E-state index < -0.39 is 0 Å². The fourth-order valence-corrected chi connectivity index (χ4v) is 1.92. The maximum Gasteiger partial charge on any atom is 0.272 e. The van der Waals surface area contributed by atoms with Gasteiger partial charge in [-0.2, -0.15) is 0 Å². The number of amides is 1. The van der Waals surface area contributed by atoms with Gasteiger partial charge >= 0.3 is 0 Å². The summed E-state index contributed by atoms with van der Waals surface area (Å²) in [5, 5.41) is 3.89. The molecule has 3 nitrogen and oxygen atoms in total. The molecule has 96 valence electrons.